The van der Waals surface area contributed by atoms with Crippen molar-refractivity contribution in [3.8, 4) is 5.75 Å². The van der Waals surface area contributed by atoms with Crippen molar-refractivity contribution >= 4 is 35.1 Å². The number of rotatable bonds is 5. The molecule has 1 aliphatic carbocycles. The third-order valence-electron chi connectivity index (χ3n) is 3.67. The number of hydrogen-bond acceptors (Lipinski definition) is 4. The van der Waals surface area contributed by atoms with Gasteiger partial charge in [-0.2, -0.15) is 5.10 Å². The minimum Gasteiger partial charge on any atom is -0.490 e. The second-order valence-corrected chi connectivity index (χ2v) is 7.14. The number of carbonyl (C=O) groups is 1. The highest BCUT2D eigenvalue weighted by Gasteiger charge is 2.16. The van der Waals surface area contributed by atoms with Crippen LogP contribution in [0.25, 0.3) is 0 Å². The molecular weight excluding hydrogens is 332 g/mol. The summed E-state index contributed by atoms with van der Waals surface area (Å²) in [4.78, 5) is 12.9. The number of ether oxygens (including phenoxy) is 1. The van der Waals surface area contributed by atoms with Gasteiger partial charge in [-0.25, -0.2) is 5.43 Å². The largest absolute Gasteiger partial charge is 0.490 e. The van der Waals surface area contributed by atoms with Crippen molar-refractivity contribution in [3.05, 3.63) is 51.2 Å². The third kappa shape index (κ3) is 4.56. The van der Waals surface area contributed by atoms with E-state index in [1.165, 1.54) is 24.2 Å². The minimum absolute atomic E-state index is 0.253. The minimum atomic E-state index is -0.253. The zero-order valence-corrected chi connectivity index (χ0v) is 14.1. The third-order valence-corrected chi connectivity index (χ3v) is 4.84. The zero-order chi connectivity index (χ0) is 16.1. The zero-order valence-electron chi connectivity index (χ0n) is 12.5. The maximum atomic E-state index is 12.0. The molecule has 0 radical (unpaired) electrons. The summed E-state index contributed by atoms with van der Waals surface area (Å²) in [5.41, 5.74) is 3.05. The van der Waals surface area contributed by atoms with Gasteiger partial charge >= 0.3 is 0 Å². The van der Waals surface area contributed by atoms with Gasteiger partial charge in [0.05, 0.1) is 16.7 Å². The van der Waals surface area contributed by atoms with Crippen LogP contribution in [0, 0.1) is 0 Å². The van der Waals surface area contributed by atoms with Crippen LogP contribution in [-0.2, 0) is 0 Å². The van der Waals surface area contributed by atoms with E-state index in [4.69, 9.17) is 16.3 Å². The molecule has 2 aromatic rings. The Bertz CT molecular complexity index is 691. The molecule has 1 amide bonds. The first-order valence-corrected chi connectivity index (χ1v) is 8.75. The van der Waals surface area contributed by atoms with Gasteiger partial charge in [-0.1, -0.05) is 11.6 Å². The SMILES string of the molecule is O=C(NN=Cc1ccc(Cl)s1)c1ccc(OC2CCCC2)cc1. The standard InChI is InChI=1S/C17H17ClN2O2S/c18-16-10-9-15(23-16)11-19-20-17(21)12-5-7-14(8-6-12)22-13-3-1-2-4-13/h5-11,13H,1-4H2,(H,20,21). The summed E-state index contributed by atoms with van der Waals surface area (Å²) in [6, 6.07) is 10.8. The molecule has 0 atom stereocenters. The maximum absolute atomic E-state index is 12.0. The summed E-state index contributed by atoms with van der Waals surface area (Å²) in [5.74, 6) is 0.557. The molecule has 0 bridgehead atoms. The Morgan fingerprint density at radius 2 is 1.96 bits per heavy atom. The number of amides is 1. The van der Waals surface area contributed by atoms with Crippen LogP contribution in [-0.4, -0.2) is 18.2 Å². The molecule has 1 fully saturated rings. The molecule has 1 aromatic carbocycles. The van der Waals surface area contributed by atoms with Gasteiger partial charge in [0.15, 0.2) is 0 Å². The number of hydrazone groups is 1. The van der Waals surface area contributed by atoms with E-state index in [9.17, 15) is 4.79 Å². The molecule has 120 valence electrons. The molecule has 1 aliphatic rings. The molecule has 0 aliphatic heterocycles. The molecule has 1 N–H and O–H groups in total. The summed E-state index contributed by atoms with van der Waals surface area (Å²) in [7, 11) is 0. The lowest BCUT2D eigenvalue weighted by Crippen LogP contribution is -2.17. The Balaban J connectivity index is 1.53. The molecule has 23 heavy (non-hydrogen) atoms. The van der Waals surface area contributed by atoms with Crippen molar-refractivity contribution in [2.24, 2.45) is 5.10 Å². The smallest absolute Gasteiger partial charge is 0.271 e. The van der Waals surface area contributed by atoms with Crippen LogP contribution < -0.4 is 10.2 Å². The number of nitrogens with one attached hydrogen (secondary N) is 1. The number of halogens is 1. The number of carbonyl (C=O) groups excluding carboxylic acids is 1. The van der Waals surface area contributed by atoms with Gasteiger partial charge in [-0.3, -0.25) is 4.79 Å². The van der Waals surface area contributed by atoms with Crippen molar-refractivity contribution in [2.75, 3.05) is 0 Å². The Morgan fingerprint density at radius 3 is 2.61 bits per heavy atom. The Morgan fingerprint density at radius 1 is 1.22 bits per heavy atom. The van der Waals surface area contributed by atoms with Gasteiger partial charge in [-0.15, -0.1) is 11.3 Å². The van der Waals surface area contributed by atoms with Crippen LogP contribution in [0.3, 0.4) is 0 Å². The van der Waals surface area contributed by atoms with Crippen molar-refractivity contribution in [3.63, 3.8) is 0 Å². The summed E-state index contributed by atoms with van der Waals surface area (Å²) in [5, 5.41) is 3.93. The van der Waals surface area contributed by atoms with E-state index in [0.717, 1.165) is 23.5 Å². The number of benzene rings is 1. The molecule has 6 heteroatoms. The van der Waals surface area contributed by atoms with Crippen molar-refractivity contribution < 1.29 is 9.53 Å². The van der Waals surface area contributed by atoms with Gasteiger partial charge in [0.1, 0.15) is 5.75 Å². The number of thiophene rings is 1. The lowest BCUT2D eigenvalue weighted by Gasteiger charge is -2.12. The summed E-state index contributed by atoms with van der Waals surface area (Å²) in [6.07, 6.45) is 6.59. The van der Waals surface area contributed by atoms with Gasteiger partial charge in [0.2, 0.25) is 0 Å². The van der Waals surface area contributed by atoms with Crippen LogP contribution in [0.1, 0.15) is 40.9 Å². The van der Waals surface area contributed by atoms with E-state index >= 15 is 0 Å². The average Bonchev–Trinajstić information content (AvgIpc) is 3.20. The van der Waals surface area contributed by atoms with E-state index in [-0.39, 0.29) is 5.91 Å². The fourth-order valence-electron chi connectivity index (χ4n) is 2.50. The molecule has 0 saturated heterocycles. The topological polar surface area (TPSA) is 50.7 Å². The Hall–Kier alpha value is -1.85. The highest BCUT2D eigenvalue weighted by Crippen LogP contribution is 2.24. The predicted octanol–water partition coefficient (Wildman–Crippen LogP) is 4.49. The molecule has 3 rings (SSSR count). The maximum Gasteiger partial charge on any atom is 0.271 e. The highest BCUT2D eigenvalue weighted by molar-refractivity contribution is 7.17. The quantitative estimate of drug-likeness (QED) is 0.639. The average molecular weight is 349 g/mol. The molecule has 1 aromatic heterocycles. The molecule has 1 saturated carbocycles. The van der Waals surface area contributed by atoms with Crippen LogP contribution in [0.15, 0.2) is 41.5 Å². The first-order chi connectivity index (χ1) is 11.2. The normalized spacial score (nSPS) is 15.2. The molecular formula is C17H17ClN2O2S. The Kier molecular flexibility index (Phi) is 5.31. The summed E-state index contributed by atoms with van der Waals surface area (Å²) in [6.45, 7) is 0. The van der Waals surface area contributed by atoms with Gasteiger partial charge in [-0.05, 0) is 62.1 Å². The lowest BCUT2D eigenvalue weighted by molar-refractivity contribution is 0.0955. The monoisotopic (exact) mass is 348 g/mol. The fourth-order valence-corrected chi connectivity index (χ4v) is 3.43. The van der Waals surface area contributed by atoms with Gasteiger partial charge in [0.25, 0.3) is 5.91 Å². The van der Waals surface area contributed by atoms with Crippen LogP contribution >= 0.6 is 22.9 Å². The molecule has 4 nitrogen and oxygen atoms in total. The molecule has 0 unspecified atom stereocenters. The van der Waals surface area contributed by atoms with Crippen LogP contribution in [0.2, 0.25) is 4.34 Å². The fraction of sp³-hybridized carbons (Fsp3) is 0.294. The Labute approximate surface area is 144 Å². The summed E-state index contributed by atoms with van der Waals surface area (Å²) < 4.78 is 6.57. The first kappa shape index (κ1) is 16.0. The van der Waals surface area contributed by atoms with Crippen molar-refractivity contribution in [2.45, 2.75) is 31.8 Å². The van der Waals surface area contributed by atoms with E-state index in [1.54, 1.807) is 24.4 Å². The van der Waals surface area contributed by atoms with Crippen molar-refractivity contribution in [1.29, 1.82) is 0 Å². The highest BCUT2D eigenvalue weighted by atomic mass is 35.5. The van der Waals surface area contributed by atoms with Crippen LogP contribution in [0.4, 0.5) is 0 Å². The predicted molar refractivity (Wildman–Crippen MR) is 93.7 cm³/mol. The first-order valence-electron chi connectivity index (χ1n) is 7.56. The molecule has 0 spiro atoms. The van der Waals surface area contributed by atoms with Crippen LogP contribution in [0.5, 0.6) is 5.75 Å². The van der Waals surface area contributed by atoms with E-state index in [2.05, 4.69) is 10.5 Å². The second-order valence-electron chi connectivity index (χ2n) is 5.39. The van der Waals surface area contributed by atoms with Gasteiger partial charge in [0, 0.05) is 10.4 Å². The number of nitrogens with zero attached hydrogens (tertiary/aromatic N) is 1. The second kappa shape index (κ2) is 7.62. The molecule has 1 heterocycles. The number of hydrogen-bond donors (Lipinski definition) is 1. The van der Waals surface area contributed by atoms with E-state index in [0.29, 0.717) is 16.0 Å². The summed E-state index contributed by atoms with van der Waals surface area (Å²) >= 11 is 7.23. The van der Waals surface area contributed by atoms with Gasteiger partial charge < -0.3 is 4.74 Å². The lowest BCUT2D eigenvalue weighted by atomic mass is 10.2. The van der Waals surface area contributed by atoms with Crippen molar-refractivity contribution in [1.82, 2.24) is 5.43 Å². The van der Waals surface area contributed by atoms with E-state index < -0.39 is 0 Å². The van der Waals surface area contributed by atoms with E-state index in [1.807, 2.05) is 18.2 Å².